The first-order valence-corrected chi connectivity index (χ1v) is 6.49. The summed E-state index contributed by atoms with van der Waals surface area (Å²) in [6.45, 7) is 2.68. The van der Waals surface area contributed by atoms with Gasteiger partial charge in [-0.05, 0) is 41.6 Å². The van der Waals surface area contributed by atoms with Crippen LogP contribution in [0.2, 0.25) is 5.02 Å². The molecule has 2 aromatic rings. The molecule has 14 heavy (non-hydrogen) atoms. The van der Waals surface area contributed by atoms with Gasteiger partial charge >= 0.3 is 0 Å². The number of thiophene rings is 1. The molecule has 1 nitrogen and oxygen atoms in total. The molecule has 0 saturated carbocycles. The summed E-state index contributed by atoms with van der Waals surface area (Å²) in [5.74, 6) is 0. The van der Waals surface area contributed by atoms with Crippen LogP contribution in [-0.4, -0.2) is 6.61 Å². The predicted molar refractivity (Wildman–Crippen MR) is 70.7 cm³/mol. The van der Waals surface area contributed by atoms with Crippen LogP contribution < -0.4 is 4.74 Å². The molecule has 1 aromatic heterocycles. The number of fused-ring (bicyclic) bond motifs is 1. The first-order chi connectivity index (χ1) is 6.70. The maximum Gasteiger partial charge on any atom is 0.174 e. The van der Waals surface area contributed by atoms with Gasteiger partial charge in [0, 0.05) is 19.7 Å². The molecule has 0 unspecified atom stereocenters. The van der Waals surface area contributed by atoms with Gasteiger partial charge in [-0.15, -0.1) is 0 Å². The summed E-state index contributed by atoms with van der Waals surface area (Å²) in [6.07, 6.45) is 0. The fourth-order valence-electron chi connectivity index (χ4n) is 1.25. The van der Waals surface area contributed by atoms with Crippen LogP contribution in [0.3, 0.4) is 0 Å². The van der Waals surface area contributed by atoms with Crippen molar-refractivity contribution in [1.82, 2.24) is 0 Å². The van der Waals surface area contributed by atoms with Crippen molar-refractivity contribution in [3.05, 3.63) is 26.8 Å². The Morgan fingerprint density at radius 3 is 2.93 bits per heavy atom. The summed E-state index contributed by atoms with van der Waals surface area (Å²) in [7, 11) is 0. The third kappa shape index (κ3) is 1.99. The van der Waals surface area contributed by atoms with Crippen molar-refractivity contribution >= 4 is 55.6 Å². The Labute approximate surface area is 105 Å². The largest absolute Gasteiger partial charge is 0.484 e. The molecule has 74 valence electrons. The van der Waals surface area contributed by atoms with Crippen LogP contribution in [0, 0.1) is 3.57 Å². The predicted octanol–water partition coefficient (Wildman–Crippen LogP) is 4.56. The molecule has 1 heterocycles. The topological polar surface area (TPSA) is 9.23 Å². The second kappa shape index (κ2) is 4.24. The Balaban J connectivity index is 2.58. The Hall–Kier alpha value is -0.0000000000000000833. The zero-order chi connectivity index (χ0) is 10.1. The number of benzene rings is 1. The van der Waals surface area contributed by atoms with Crippen LogP contribution in [-0.2, 0) is 0 Å². The minimum absolute atomic E-state index is 0.696. The standard InChI is InChI=1S/C10H8ClIOS/c1-2-13-10-5-7-8(11)3-6(12)4-9(7)14-10/h3-5H,2H2,1H3. The Kier molecular flexibility index (Phi) is 3.19. The van der Waals surface area contributed by atoms with E-state index in [2.05, 4.69) is 28.7 Å². The second-order valence-corrected chi connectivity index (χ2v) is 5.50. The number of rotatable bonds is 2. The quantitative estimate of drug-likeness (QED) is 0.730. The van der Waals surface area contributed by atoms with Crippen molar-refractivity contribution in [3.63, 3.8) is 0 Å². The lowest BCUT2D eigenvalue weighted by atomic mass is 10.3. The second-order valence-electron chi connectivity index (χ2n) is 2.80. The first-order valence-electron chi connectivity index (χ1n) is 4.22. The zero-order valence-corrected chi connectivity index (χ0v) is 11.2. The molecule has 0 aliphatic rings. The van der Waals surface area contributed by atoms with E-state index >= 15 is 0 Å². The van der Waals surface area contributed by atoms with E-state index in [4.69, 9.17) is 16.3 Å². The van der Waals surface area contributed by atoms with Crippen molar-refractivity contribution in [3.8, 4) is 5.06 Å². The Morgan fingerprint density at radius 2 is 2.21 bits per heavy atom. The molecule has 0 N–H and O–H groups in total. The van der Waals surface area contributed by atoms with Gasteiger partial charge in [0.05, 0.1) is 11.6 Å². The molecule has 0 atom stereocenters. The van der Waals surface area contributed by atoms with Gasteiger partial charge in [0.25, 0.3) is 0 Å². The highest BCUT2D eigenvalue weighted by Crippen LogP contribution is 2.36. The Morgan fingerprint density at radius 1 is 1.43 bits per heavy atom. The molecule has 0 bridgehead atoms. The maximum atomic E-state index is 6.12. The van der Waals surface area contributed by atoms with Crippen molar-refractivity contribution in [2.75, 3.05) is 6.61 Å². The molecule has 0 aliphatic carbocycles. The SMILES string of the molecule is CCOc1cc2c(Cl)cc(I)cc2s1. The van der Waals surface area contributed by atoms with E-state index in [9.17, 15) is 0 Å². The number of hydrogen-bond donors (Lipinski definition) is 0. The van der Waals surface area contributed by atoms with Crippen LogP contribution in [0.4, 0.5) is 0 Å². The lowest BCUT2D eigenvalue weighted by Crippen LogP contribution is -1.86. The maximum absolute atomic E-state index is 6.12. The third-order valence-corrected chi connectivity index (χ3v) is 3.75. The highest BCUT2D eigenvalue weighted by molar-refractivity contribution is 14.1. The fraction of sp³-hybridized carbons (Fsp3) is 0.200. The van der Waals surface area contributed by atoms with Crippen molar-refractivity contribution in [2.24, 2.45) is 0 Å². The number of hydrogen-bond acceptors (Lipinski definition) is 2. The summed E-state index contributed by atoms with van der Waals surface area (Å²) in [4.78, 5) is 0. The molecular weight excluding hydrogens is 331 g/mol. The molecule has 4 heteroatoms. The van der Waals surface area contributed by atoms with E-state index < -0.39 is 0 Å². The van der Waals surface area contributed by atoms with Crippen LogP contribution in [0.25, 0.3) is 10.1 Å². The molecule has 0 aliphatic heterocycles. The molecule has 0 spiro atoms. The molecule has 0 radical (unpaired) electrons. The van der Waals surface area contributed by atoms with Gasteiger partial charge in [-0.1, -0.05) is 22.9 Å². The number of halogens is 2. The summed E-state index contributed by atoms with van der Waals surface area (Å²) in [5, 5.41) is 2.82. The molecule has 2 rings (SSSR count). The van der Waals surface area contributed by atoms with Crippen molar-refractivity contribution in [1.29, 1.82) is 0 Å². The van der Waals surface area contributed by atoms with Gasteiger partial charge in [0.15, 0.2) is 5.06 Å². The molecule has 0 fully saturated rings. The Bertz CT molecular complexity index is 466. The van der Waals surface area contributed by atoms with Gasteiger partial charge in [0.1, 0.15) is 0 Å². The summed E-state index contributed by atoms with van der Waals surface area (Å²) in [5.41, 5.74) is 0. The van der Waals surface area contributed by atoms with E-state index in [0.717, 1.165) is 19.0 Å². The minimum atomic E-state index is 0.696. The van der Waals surface area contributed by atoms with Gasteiger partial charge in [-0.25, -0.2) is 0 Å². The highest BCUT2D eigenvalue weighted by atomic mass is 127. The van der Waals surface area contributed by atoms with Crippen LogP contribution >= 0.6 is 45.5 Å². The van der Waals surface area contributed by atoms with E-state index in [-0.39, 0.29) is 0 Å². The monoisotopic (exact) mass is 338 g/mol. The normalized spacial score (nSPS) is 10.8. The number of ether oxygens (including phenoxy) is 1. The first kappa shape index (κ1) is 10.5. The van der Waals surface area contributed by atoms with E-state index in [1.165, 1.54) is 4.70 Å². The average molecular weight is 339 g/mol. The lowest BCUT2D eigenvalue weighted by molar-refractivity contribution is 0.350. The van der Waals surface area contributed by atoms with Gasteiger partial charge in [-0.2, -0.15) is 0 Å². The van der Waals surface area contributed by atoms with Crippen LogP contribution in [0.15, 0.2) is 18.2 Å². The summed E-state index contributed by atoms with van der Waals surface area (Å²) < 4.78 is 7.79. The minimum Gasteiger partial charge on any atom is -0.484 e. The summed E-state index contributed by atoms with van der Waals surface area (Å²) in [6, 6.07) is 6.09. The molecule has 1 aromatic carbocycles. The molecule has 0 saturated heterocycles. The van der Waals surface area contributed by atoms with Gasteiger partial charge in [-0.3, -0.25) is 0 Å². The third-order valence-electron chi connectivity index (χ3n) is 1.82. The van der Waals surface area contributed by atoms with Crippen LogP contribution in [0.5, 0.6) is 5.06 Å². The van der Waals surface area contributed by atoms with E-state index in [1.54, 1.807) is 11.3 Å². The summed E-state index contributed by atoms with van der Waals surface area (Å²) >= 11 is 10.0. The lowest BCUT2D eigenvalue weighted by Gasteiger charge is -1.94. The van der Waals surface area contributed by atoms with Gasteiger partial charge in [0.2, 0.25) is 0 Å². The molecule has 0 amide bonds. The highest BCUT2D eigenvalue weighted by Gasteiger charge is 2.06. The van der Waals surface area contributed by atoms with Crippen LogP contribution in [0.1, 0.15) is 6.92 Å². The fourth-order valence-corrected chi connectivity index (χ4v) is 3.64. The van der Waals surface area contributed by atoms with E-state index in [0.29, 0.717) is 6.61 Å². The average Bonchev–Trinajstić information content (AvgIpc) is 2.48. The zero-order valence-electron chi connectivity index (χ0n) is 7.51. The van der Waals surface area contributed by atoms with Crippen molar-refractivity contribution in [2.45, 2.75) is 6.92 Å². The smallest absolute Gasteiger partial charge is 0.174 e. The van der Waals surface area contributed by atoms with Gasteiger partial charge < -0.3 is 4.74 Å². The van der Waals surface area contributed by atoms with E-state index in [1.807, 2.05) is 19.1 Å². The van der Waals surface area contributed by atoms with Crippen molar-refractivity contribution < 1.29 is 4.74 Å². The molecular formula is C10H8ClIOS.